The lowest BCUT2D eigenvalue weighted by atomic mass is 9.85. The summed E-state index contributed by atoms with van der Waals surface area (Å²) in [5, 5.41) is 19.1. The zero-order chi connectivity index (χ0) is 24.1. The normalized spacial score (nSPS) is 25.4. The Morgan fingerprint density at radius 3 is 2.47 bits per heavy atom. The molecule has 2 amide bonds. The largest absolute Gasteiger partial charge is 0.391 e. The van der Waals surface area contributed by atoms with E-state index >= 15 is 0 Å². The van der Waals surface area contributed by atoms with Gasteiger partial charge in [0.25, 0.3) is 0 Å². The molecule has 2 fully saturated rings. The van der Waals surface area contributed by atoms with Gasteiger partial charge in [-0.1, -0.05) is 6.42 Å². The predicted molar refractivity (Wildman–Crippen MR) is 122 cm³/mol. The van der Waals surface area contributed by atoms with Gasteiger partial charge >= 0.3 is 12.2 Å². The van der Waals surface area contributed by atoms with Crippen molar-refractivity contribution in [3.63, 3.8) is 0 Å². The number of anilines is 3. The second-order valence-electron chi connectivity index (χ2n) is 9.24. The van der Waals surface area contributed by atoms with Crippen molar-refractivity contribution in [1.82, 2.24) is 30.8 Å². The summed E-state index contributed by atoms with van der Waals surface area (Å²) < 4.78 is 39.0. The monoisotopic (exact) mass is 480 g/mol. The van der Waals surface area contributed by atoms with Gasteiger partial charge < -0.3 is 21.3 Å². The standard InChI is InChI=1S/C22H31F3N8O/c1-13-11-19(33-32-13)30-18-9-10-26-20(31-18)27-15-5-7-16(8-6-15)28-21(34)29-17-4-2-3-14(12-17)22(23,24)25/h9-11,14-17H,2-8,12H2,1H3,(H2,28,29,34)(H3,26,27,30,31,32,33)/t14-,15?,16?,17?/m0/s1. The highest BCUT2D eigenvalue weighted by Gasteiger charge is 2.42. The zero-order valence-corrected chi connectivity index (χ0v) is 19.1. The SMILES string of the molecule is Cc1cc(Nc2ccnc(NC3CCC(NC(=O)NC4CCC[C@H](C(F)(F)F)C4)CC3)n2)n[nH]1. The average Bonchev–Trinajstić information content (AvgIpc) is 3.19. The molecular weight excluding hydrogens is 449 g/mol. The molecule has 2 heterocycles. The Morgan fingerprint density at radius 2 is 1.76 bits per heavy atom. The molecule has 0 aliphatic heterocycles. The number of aromatic amines is 1. The van der Waals surface area contributed by atoms with Gasteiger partial charge in [0.2, 0.25) is 5.95 Å². The molecule has 2 aromatic heterocycles. The third-order valence-electron chi connectivity index (χ3n) is 6.49. The Balaban J connectivity index is 1.19. The van der Waals surface area contributed by atoms with E-state index in [1.54, 1.807) is 12.3 Å². The van der Waals surface area contributed by atoms with Crippen LogP contribution in [0.4, 0.5) is 35.5 Å². The number of carbonyl (C=O) groups excluding carboxylic acids is 1. The molecule has 2 saturated carbocycles. The third-order valence-corrected chi connectivity index (χ3v) is 6.49. The van der Waals surface area contributed by atoms with Crippen LogP contribution in [0.5, 0.6) is 0 Å². The van der Waals surface area contributed by atoms with Gasteiger partial charge in [-0.05, 0) is 57.9 Å². The summed E-state index contributed by atoms with van der Waals surface area (Å²) in [7, 11) is 0. The van der Waals surface area contributed by atoms with Gasteiger partial charge in [0.1, 0.15) is 5.82 Å². The van der Waals surface area contributed by atoms with E-state index in [2.05, 4.69) is 41.4 Å². The first-order chi connectivity index (χ1) is 16.2. The fourth-order valence-corrected chi connectivity index (χ4v) is 4.71. The molecule has 5 N–H and O–H groups in total. The molecule has 0 radical (unpaired) electrons. The molecule has 2 aliphatic carbocycles. The van der Waals surface area contributed by atoms with Crippen molar-refractivity contribution in [1.29, 1.82) is 0 Å². The smallest absolute Gasteiger partial charge is 0.351 e. The number of hydrogen-bond donors (Lipinski definition) is 5. The molecule has 9 nitrogen and oxygen atoms in total. The van der Waals surface area contributed by atoms with Gasteiger partial charge in [-0.15, -0.1) is 0 Å². The Labute approximate surface area is 196 Å². The first kappa shape index (κ1) is 24.1. The summed E-state index contributed by atoms with van der Waals surface area (Å²) in [6.45, 7) is 1.92. The van der Waals surface area contributed by atoms with E-state index in [0.717, 1.165) is 31.4 Å². The van der Waals surface area contributed by atoms with Crippen molar-refractivity contribution in [2.45, 2.75) is 82.6 Å². The Hall–Kier alpha value is -3.05. The highest BCUT2D eigenvalue weighted by atomic mass is 19.4. The van der Waals surface area contributed by atoms with Crippen molar-refractivity contribution in [3.05, 3.63) is 24.0 Å². The number of amides is 2. The summed E-state index contributed by atoms with van der Waals surface area (Å²) in [5.41, 5.74) is 0.943. The Bertz CT molecular complexity index is 958. The molecule has 34 heavy (non-hydrogen) atoms. The summed E-state index contributed by atoms with van der Waals surface area (Å²) in [5.74, 6) is 0.496. The van der Waals surface area contributed by atoms with E-state index in [4.69, 9.17) is 0 Å². The lowest BCUT2D eigenvalue weighted by molar-refractivity contribution is -0.183. The number of hydrogen-bond acceptors (Lipinski definition) is 6. The van der Waals surface area contributed by atoms with Crippen LogP contribution in [-0.4, -0.2) is 50.5 Å². The molecular formula is C22H31F3N8O. The first-order valence-electron chi connectivity index (χ1n) is 11.8. The van der Waals surface area contributed by atoms with E-state index < -0.39 is 18.1 Å². The van der Waals surface area contributed by atoms with Crippen LogP contribution in [0.3, 0.4) is 0 Å². The fraction of sp³-hybridized carbons (Fsp3) is 0.636. The summed E-state index contributed by atoms with van der Waals surface area (Å²) >= 11 is 0. The predicted octanol–water partition coefficient (Wildman–Crippen LogP) is 4.40. The molecule has 4 rings (SSSR count). The minimum absolute atomic E-state index is 0.00289. The Kier molecular flexibility index (Phi) is 7.42. The maximum Gasteiger partial charge on any atom is 0.391 e. The number of rotatable bonds is 6. The maximum absolute atomic E-state index is 13.0. The second-order valence-corrected chi connectivity index (χ2v) is 9.24. The van der Waals surface area contributed by atoms with Gasteiger partial charge in [0.15, 0.2) is 5.82 Å². The fourth-order valence-electron chi connectivity index (χ4n) is 4.71. The molecule has 0 spiro atoms. The topological polar surface area (TPSA) is 120 Å². The second kappa shape index (κ2) is 10.5. The van der Waals surface area contributed by atoms with Crippen molar-refractivity contribution in [2.75, 3.05) is 10.6 Å². The van der Waals surface area contributed by atoms with Crippen molar-refractivity contribution in [3.8, 4) is 0 Å². The van der Waals surface area contributed by atoms with Crippen LogP contribution in [0.25, 0.3) is 0 Å². The summed E-state index contributed by atoms with van der Waals surface area (Å²) in [6.07, 6.45) is 1.83. The molecule has 2 aliphatic rings. The summed E-state index contributed by atoms with van der Waals surface area (Å²) in [6, 6.07) is 3.01. The van der Waals surface area contributed by atoms with Gasteiger partial charge in [0, 0.05) is 36.1 Å². The van der Waals surface area contributed by atoms with Gasteiger partial charge in [-0.3, -0.25) is 5.10 Å². The quantitative estimate of drug-likeness (QED) is 0.418. The number of aryl methyl sites for hydroxylation is 1. The van der Waals surface area contributed by atoms with Crippen molar-refractivity contribution in [2.24, 2.45) is 5.92 Å². The highest BCUT2D eigenvalue weighted by Crippen LogP contribution is 2.37. The van der Waals surface area contributed by atoms with E-state index in [0.29, 0.717) is 30.4 Å². The number of H-pyrrole nitrogens is 1. The minimum Gasteiger partial charge on any atom is -0.351 e. The molecule has 186 valence electrons. The lowest BCUT2D eigenvalue weighted by Crippen LogP contribution is -2.49. The number of aromatic nitrogens is 4. The molecule has 1 unspecified atom stereocenters. The summed E-state index contributed by atoms with van der Waals surface area (Å²) in [4.78, 5) is 21.1. The van der Waals surface area contributed by atoms with Crippen LogP contribution in [0.1, 0.15) is 57.1 Å². The average molecular weight is 481 g/mol. The molecule has 2 aromatic rings. The highest BCUT2D eigenvalue weighted by molar-refractivity contribution is 5.74. The maximum atomic E-state index is 13.0. The number of nitrogens with one attached hydrogen (secondary N) is 5. The number of nitrogens with zero attached hydrogens (tertiary/aromatic N) is 3. The van der Waals surface area contributed by atoms with Gasteiger partial charge in [-0.2, -0.15) is 23.3 Å². The van der Waals surface area contributed by atoms with Crippen LogP contribution in [0.2, 0.25) is 0 Å². The number of urea groups is 1. The molecule has 2 atom stereocenters. The molecule has 0 bridgehead atoms. The van der Waals surface area contributed by atoms with Crippen LogP contribution in [0, 0.1) is 12.8 Å². The lowest BCUT2D eigenvalue weighted by Gasteiger charge is -2.33. The number of halogens is 3. The molecule has 12 heteroatoms. The number of carbonyl (C=O) groups is 1. The molecule has 0 aromatic carbocycles. The van der Waals surface area contributed by atoms with E-state index in [1.165, 1.54) is 0 Å². The van der Waals surface area contributed by atoms with E-state index in [-0.39, 0.29) is 31.0 Å². The minimum atomic E-state index is -4.19. The van der Waals surface area contributed by atoms with Crippen molar-refractivity contribution < 1.29 is 18.0 Å². The van der Waals surface area contributed by atoms with Crippen LogP contribution < -0.4 is 21.3 Å². The van der Waals surface area contributed by atoms with Crippen molar-refractivity contribution >= 4 is 23.6 Å². The number of alkyl halides is 3. The first-order valence-corrected chi connectivity index (χ1v) is 11.8. The van der Waals surface area contributed by atoms with E-state index in [9.17, 15) is 18.0 Å². The van der Waals surface area contributed by atoms with Gasteiger partial charge in [0.05, 0.1) is 5.92 Å². The molecule has 0 saturated heterocycles. The van der Waals surface area contributed by atoms with Crippen LogP contribution in [0.15, 0.2) is 18.3 Å². The van der Waals surface area contributed by atoms with Gasteiger partial charge in [-0.25, -0.2) is 9.78 Å². The van der Waals surface area contributed by atoms with Crippen LogP contribution in [-0.2, 0) is 0 Å². The third kappa shape index (κ3) is 6.73. The Morgan fingerprint density at radius 1 is 1.03 bits per heavy atom. The zero-order valence-electron chi connectivity index (χ0n) is 19.1. The van der Waals surface area contributed by atoms with Crippen LogP contribution >= 0.6 is 0 Å². The van der Waals surface area contributed by atoms with E-state index in [1.807, 2.05) is 13.0 Å².